The first-order valence-corrected chi connectivity index (χ1v) is 6.48. The normalized spacial score (nSPS) is 13.7. The number of carbonyl (C=O) groups excluding carboxylic acids is 2. The van der Waals surface area contributed by atoms with Crippen molar-refractivity contribution in [2.24, 2.45) is 0 Å². The van der Waals surface area contributed by atoms with E-state index in [0.717, 1.165) is 17.7 Å². The Morgan fingerprint density at radius 3 is 2.75 bits per heavy atom. The van der Waals surface area contributed by atoms with E-state index in [0.29, 0.717) is 16.3 Å². The molecule has 0 spiro atoms. The Labute approximate surface area is 121 Å². The van der Waals surface area contributed by atoms with Gasteiger partial charge >= 0.3 is 0 Å². The van der Waals surface area contributed by atoms with E-state index in [4.69, 9.17) is 11.6 Å². The van der Waals surface area contributed by atoms with Crippen LogP contribution < -0.4 is 10.2 Å². The Balaban J connectivity index is 2.17. The van der Waals surface area contributed by atoms with Crippen molar-refractivity contribution in [1.82, 2.24) is 0 Å². The van der Waals surface area contributed by atoms with Crippen LogP contribution in [0.1, 0.15) is 10.4 Å². The molecule has 2 aromatic carbocycles. The fraction of sp³-hybridized carbons (Fsp3) is 0.0667. The predicted molar refractivity (Wildman–Crippen MR) is 78.9 cm³/mol. The fourth-order valence-electron chi connectivity index (χ4n) is 2.30. The fourth-order valence-corrected chi connectivity index (χ4v) is 2.46. The highest BCUT2D eigenvalue weighted by Gasteiger charge is 2.24. The molecular weight excluding hydrogens is 276 g/mol. The molecule has 4 nitrogen and oxygen atoms in total. The number of halogens is 1. The predicted octanol–water partition coefficient (Wildman–Crippen LogP) is 3.24. The van der Waals surface area contributed by atoms with E-state index in [-0.39, 0.29) is 12.5 Å². The van der Waals surface area contributed by atoms with Crippen LogP contribution in [0.5, 0.6) is 0 Å². The number of para-hydroxylation sites is 2. The summed E-state index contributed by atoms with van der Waals surface area (Å²) in [7, 11) is 0. The summed E-state index contributed by atoms with van der Waals surface area (Å²) in [4.78, 5) is 24.8. The van der Waals surface area contributed by atoms with Gasteiger partial charge < -0.3 is 10.2 Å². The highest BCUT2D eigenvalue weighted by atomic mass is 35.5. The minimum absolute atomic E-state index is 0.125. The molecule has 0 saturated carbocycles. The van der Waals surface area contributed by atoms with Gasteiger partial charge in [-0.05, 0) is 30.3 Å². The van der Waals surface area contributed by atoms with Crippen molar-refractivity contribution in [2.75, 3.05) is 16.8 Å². The molecule has 0 saturated heterocycles. The molecule has 0 fully saturated rings. The number of nitrogens with zero attached hydrogens (tertiary/aromatic N) is 1. The monoisotopic (exact) mass is 286 g/mol. The van der Waals surface area contributed by atoms with E-state index >= 15 is 0 Å². The quantitative estimate of drug-likeness (QED) is 0.862. The molecule has 3 rings (SSSR count). The number of aldehydes is 1. The minimum atomic E-state index is -0.125. The lowest BCUT2D eigenvalue weighted by atomic mass is 10.1. The van der Waals surface area contributed by atoms with E-state index in [1.54, 1.807) is 23.1 Å². The molecule has 100 valence electrons. The SMILES string of the molecule is O=Cc1ccc(Cl)cc1N1CC(=O)Nc2ccccc21. The van der Waals surface area contributed by atoms with Crippen molar-refractivity contribution < 1.29 is 9.59 Å². The van der Waals surface area contributed by atoms with E-state index in [1.165, 1.54) is 0 Å². The van der Waals surface area contributed by atoms with Crippen LogP contribution >= 0.6 is 11.6 Å². The zero-order chi connectivity index (χ0) is 14.1. The molecule has 5 heteroatoms. The van der Waals surface area contributed by atoms with Gasteiger partial charge in [-0.3, -0.25) is 9.59 Å². The van der Waals surface area contributed by atoms with Gasteiger partial charge in [-0.15, -0.1) is 0 Å². The molecule has 0 unspecified atom stereocenters. The van der Waals surface area contributed by atoms with Crippen LogP contribution in [0.4, 0.5) is 17.1 Å². The Morgan fingerprint density at radius 1 is 1.15 bits per heavy atom. The van der Waals surface area contributed by atoms with Gasteiger partial charge in [0.05, 0.1) is 17.1 Å². The molecule has 1 amide bonds. The lowest BCUT2D eigenvalue weighted by Crippen LogP contribution is -2.35. The number of amides is 1. The third-order valence-electron chi connectivity index (χ3n) is 3.18. The first-order chi connectivity index (χ1) is 9.69. The number of anilines is 3. The zero-order valence-corrected chi connectivity index (χ0v) is 11.2. The lowest BCUT2D eigenvalue weighted by molar-refractivity contribution is -0.115. The Morgan fingerprint density at radius 2 is 1.95 bits per heavy atom. The van der Waals surface area contributed by atoms with E-state index < -0.39 is 0 Å². The molecule has 1 aliphatic heterocycles. The van der Waals surface area contributed by atoms with Crippen molar-refractivity contribution in [3.63, 3.8) is 0 Å². The second-order valence-corrected chi connectivity index (χ2v) is 4.91. The van der Waals surface area contributed by atoms with Crippen LogP contribution in [0.2, 0.25) is 5.02 Å². The molecule has 1 heterocycles. The second kappa shape index (κ2) is 4.98. The Kier molecular flexibility index (Phi) is 3.16. The van der Waals surface area contributed by atoms with Gasteiger partial charge in [0.1, 0.15) is 6.54 Å². The van der Waals surface area contributed by atoms with Gasteiger partial charge in [0.2, 0.25) is 5.91 Å². The molecule has 0 bridgehead atoms. The molecule has 20 heavy (non-hydrogen) atoms. The summed E-state index contributed by atoms with van der Waals surface area (Å²) in [5.41, 5.74) is 2.70. The number of benzene rings is 2. The number of hydrogen-bond donors (Lipinski definition) is 1. The highest BCUT2D eigenvalue weighted by Crippen LogP contribution is 2.37. The second-order valence-electron chi connectivity index (χ2n) is 4.47. The Bertz CT molecular complexity index is 700. The van der Waals surface area contributed by atoms with Gasteiger partial charge in [0.15, 0.2) is 6.29 Å². The summed E-state index contributed by atoms with van der Waals surface area (Å²) in [6.07, 6.45) is 0.765. The standard InChI is InChI=1S/C15H11ClN2O2/c16-11-6-5-10(9-19)14(7-11)18-8-15(20)17-12-3-1-2-4-13(12)18/h1-7,9H,8H2,(H,17,20). The van der Waals surface area contributed by atoms with Crippen molar-refractivity contribution in [2.45, 2.75) is 0 Å². The molecular formula is C15H11ClN2O2. The minimum Gasteiger partial charge on any atom is -0.330 e. The first kappa shape index (κ1) is 12.7. The molecule has 0 aliphatic carbocycles. The van der Waals surface area contributed by atoms with E-state index in [1.807, 2.05) is 24.3 Å². The average molecular weight is 287 g/mol. The summed E-state index contributed by atoms with van der Waals surface area (Å²) in [6, 6.07) is 12.5. The van der Waals surface area contributed by atoms with E-state index in [2.05, 4.69) is 5.32 Å². The topological polar surface area (TPSA) is 49.4 Å². The third-order valence-corrected chi connectivity index (χ3v) is 3.42. The van der Waals surface area contributed by atoms with Crippen molar-refractivity contribution in [3.05, 3.63) is 53.1 Å². The smallest absolute Gasteiger partial charge is 0.244 e. The summed E-state index contributed by atoms with van der Waals surface area (Å²) < 4.78 is 0. The number of fused-ring (bicyclic) bond motifs is 1. The number of nitrogens with one attached hydrogen (secondary N) is 1. The summed E-state index contributed by atoms with van der Waals surface area (Å²) >= 11 is 6.01. The maximum atomic E-state index is 11.8. The van der Waals surface area contributed by atoms with Crippen LogP contribution in [-0.2, 0) is 4.79 Å². The Hall–Kier alpha value is -2.33. The van der Waals surface area contributed by atoms with Crippen LogP contribution in [-0.4, -0.2) is 18.7 Å². The molecule has 1 N–H and O–H groups in total. The number of hydrogen-bond acceptors (Lipinski definition) is 3. The first-order valence-electron chi connectivity index (χ1n) is 6.10. The summed E-state index contributed by atoms with van der Waals surface area (Å²) in [6.45, 7) is 0.151. The van der Waals surface area contributed by atoms with Gasteiger partial charge in [0.25, 0.3) is 0 Å². The van der Waals surface area contributed by atoms with Crippen molar-refractivity contribution in [1.29, 1.82) is 0 Å². The lowest BCUT2D eigenvalue weighted by Gasteiger charge is -2.31. The maximum Gasteiger partial charge on any atom is 0.244 e. The summed E-state index contributed by atoms with van der Waals surface area (Å²) in [5, 5.41) is 3.33. The van der Waals surface area contributed by atoms with Gasteiger partial charge in [-0.1, -0.05) is 23.7 Å². The van der Waals surface area contributed by atoms with Crippen molar-refractivity contribution >= 4 is 40.9 Å². The van der Waals surface area contributed by atoms with Crippen LogP contribution in [0.3, 0.4) is 0 Å². The molecule has 0 aromatic heterocycles. The molecule has 2 aromatic rings. The highest BCUT2D eigenvalue weighted by molar-refractivity contribution is 6.31. The maximum absolute atomic E-state index is 11.8. The van der Waals surface area contributed by atoms with Gasteiger partial charge in [0, 0.05) is 10.6 Å². The largest absolute Gasteiger partial charge is 0.330 e. The average Bonchev–Trinajstić information content (AvgIpc) is 2.46. The number of rotatable bonds is 2. The summed E-state index contributed by atoms with van der Waals surface area (Å²) in [5.74, 6) is -0.125. The van der Waals surface area contributed by atoms with Crippen LogP contribution in [0.25, 0.3) is 0 Å². The van der Waals surface area contributed by atoms with Crippen LogP contribution in [0.15, 0.2) is 42.5 Å². The molecule has 0 atom stereocenters. The molecule has 1 aliphatic rings. The van der Waals surface area contributed by atoms with Gasteiger partial charge in [-0.25, -0.2) is 0 Å². The van der Waals surface area contributed by atoms with Gasteiger partial charge in [-0.2, -0.15) is 0 Å². The number of carbonyl (C=O) groups is 2. The van der Waals surface area contributed by atoms with Crippen molar-refractivity contribution in [3.8, 4) is 0 Å². The van der Waals surface area contributed by atoms with Crippen LogP contribution in [0, 0.1) is 0 Å². The zero-order valence-electron chi connectivity index (χ0n) is 10.5. The molecule has 0 radical (unpaired) electrons. The van der Waals surface area contributed by atoms with E-state index in [9.17, 15) is 9.59 Å². The third kappa shape index (κ3) is 2.14.